The Morgan fingerprint density at radius 3 is 2.77 bits per heavy atom. The molecule has 1 fully saturated rings. The van der Waals surface area contributed by atoms with Crippen molar-refractivity contribution in [1.82, 2.24) is 0 Å². The van der Waals surface area contributed by atoms with Gasteiger partial charge in [-0.05, 0) is 24.5 Å². The predicted octanol–water partition coefficient (Wildman–Crippen LogP) is 4.04. The first-order chi connectivity index (χ1) is 10.6. The first-order valence-electron chi connectivity index (χ1n) is 7.94. The minimum absolute atomic E-state index is 0.0507. The normalized spacial score (nSPS) is 16.0. The molecule has 4 nitrogen and oxygen atoms in total. The summed E-state index contributed by atoms with van der Waals surface area (Å²) in [6.07, 6.45) is 7.42. The molecule has 0 radical (unpaired) electrons. The summed E-state index contributed by atoms with van der Waals surface area (Å²) in [4.78, 5) is 24.3. The van der Waals surface area contributed by atoms with E-state index in [1.54, 1.807) is 12.1 Å². The summed E-state index contributed by atoms with van der Waals surface area (Å²) < 4.78 is 5.48. The monoisotopic (exact) mass is 300 g/mol. The average Bonchev–Trinajstić information content (AvgIpc) is 2.54. The van der Waals surface area contributed by atoms with Crippen molar-refractivity contribution in [3.8, 4) is 5.75 Å². The van der Waals surface area contributed by atoms with Gasteiger partial charge in [0.15, 0.2) is 28.3 Å². The molecule has 4 heteroatoms. The van der Waals surface area contributed by atoms with Crippen LogP contribution in [0.4, 0.5) is 0 Å². The zero-order valence-corrected chi connectivity index (χ0v) is 12.5. The van der Waals surface area contributed by atoms with Crippen LogP contribution in [0.1, 0.15) is 55.5 Å². The van der Waals surface area contributed by atoms with Crippen molar-refractivity contribution in [3.63, 3.8) is 0 Å². The number of ketones is 1. The van der Waals surface area contributed by atoms with Gasteiger partial charge in [-0.1, -0.05) is 38.2 Å². The van der Waals surface area contributed by atoms with E-state index in [0.717, 1.165) is 6.42 Å². The number of phenolic OH excluding ortho intramolecular Hbond substituents is 1. The number of para-hydroxylation sites is 1. The summed E-state index contributed by atoms with van der Waals surface area (Å²) in [5.41, 5.74) is -0.200. The number of fused-ring (bicyclic) bond motifs is 1. The minimum atomic E-state index is -0.293. The third-order valence-electron chi connectivity index (χ3n) is 4.51. The molecule has 0 spiro atoms. The number of rotatable bonds is 4. The molecule has 3 rings (SSSR count). The molecular formula is C18H20O4. The molecule has 1 aromatic carbocycles. The molecule has 1 heterocycles. The summed E-state index contributed by atoms with van der Waals surface area (Å²) in [5, 5.41) is 10.1. The van der Waals surface area contributed by atoms with Crippen molar-refractivity contribution in [1.29, 1.82) is 0 Å². The molecular weight excluding hydrogens is 280 g/mol. The van der Waals surface area contributed by atoms with Crippen molar-refractivity contribution in [3.05, 3.63) is 40.2 Å². The summed E-state index contributed by atoms with van der Waals surface area (Å²) in [7, 11) is 0. The molecule has 0 amide bonds. The lowest BCUT2D eigenvalue weighted by Crippen LogP contribution is -2.11. The zero-order valence-electron chi connectivity index (χ0n) is 12.5. The minimum Gasteiger partial charge on any atom is -0.504 e. The van der Waals surface area contributed by atoms with Crippen LogP contribution in [-0.4, -0.2) is 10.9 Å². The molecule has 0 saturated heterocycles. The van der Waals surface area contributed by atoms with Crippen molar-refractivity contribution < 1.29 is 14.3 Å². The summed E-state index contributed by atoms with van der Waals surface area (Å²) in [6.45, 7) is 0. The van der Waals surface area contributed by atoms with Gasteiger partial charge in [0, 0.05) is 12.5 Å². The highest BCUT2D eigenvalue weighted by Gasteiger charge is 2.18. The number of hydrogen-bond acceptors (Lipinski definition) is 4. The van der Waals surface area contributed by atoms with E-state index in [2.05, 4.69) is 0 Å². The van der Waals surface area contributed by atoms with Crippen LogP contribution >= 0.6 is 0 Å². The lowest BCUT2D eigenvalue weighted by molar-refractivity contribution is 0.0943. The van der Waals surface area contributed by atoms with Gasteiger partial charge < -0.3 is 9.52 Å². The van der Waals surface area contributed by atoms with Crippen molar-refractivity contribution in [2.75, 3.05) is 0 Å². The molecule has 1 N–H and O–H groups in total. The molecule has 1 aliphatic carbocycles. The van der Waals surface area contributed by atoms with Gasteiger partial charge >= 0.3 is 0 Å². The number of hydrogen-bond donors (Lipinski definition) is 1. The molecule has 22 heavy (non-hydrogen) atoms. The summed E-state index contributed by atoms with van der Waals surface area (Å²) in [5.74, 6) is 0.387. The first kappa shape index (κ1) is 14.8. The second kappa shape index (κ2) is 6.34. The lowest BCUT2D eigenvalue weighted by atomic mass is 9.85. The molecule has 0 atom stereocenters. The maximum Gasteiger partial charge on any atom is 0.198 e. The standard InChI is InChI=1S/C18H20O4/c19-14(10-9-12-5-2-1-3-6-12)17-11-16(21)13-7-4-8-15(20)18(13)22-17/h4,7-8,11-12,20H,1-3,5-6,9-10H2. The van der Waals surface area contributed by atoms with Crippen LogP contribution in [-0.2, 0) is 0 Å². The Labute approximate surface area is 128 Å². The SMILES string of the molecule is O=C(CCC1CCCCC1)c1cc(=O)c2cccc(O)c2o1. The zero-order chi connectivity index (χ0) is 15.5. The van der Waals surface area contributed by atoms with E-state index in [-0.39, 0.29) is 28.3 Å². The fourth-order valence-electron chi connectivity index (χ4n) is 3.23. The predicted molar refractivity (Wildman–Crippen MR) is 84.3 cm³/mol. The van der Waals surface area contributed by atoms with Gasteiger partial charge in [-0.15, -0.1) is 0 Å². The highest BCUT2D eigenvalue weighted by molar-refractivity contribution is 5.95. The third kappa shape index (κ3) is 3.06. The van der Waals surface area contributed by atoms with Gasteiger partial charge in [-0.3, -0.25) is 9.59 Å². The van der Waals surface area contributed by atoms with Gasteiger partial charge in [0.1, 0.15) is 0 Å². The Bertz CT molecular complexity index is 738. The fraction of sp³-hybridized carbons (Fsp3) is 0.444. The average molecular weight is 300 g/mol. The topological polar surface area (TPSA) is 67.5 Å². The highest BCUT2D eigenvalue weighted by atomic mass is 16.4. The van der Waals surface area contributed by atoms with E-state index in [9.17, 15) is 14.7 Å². The number of phenols is 1. The third-order valence-corrected chi connectivity index (χ3v) is 4.51. The Balaban J connectivity index is 1.79. The molecule has 2 aromatic rings. The summed E-state index contributed by atoms with van der Waals surface area (Å²) >= 11 is 0. The van der Waals surface area contributed by atoms with Gasteiger partial charge in [0.2, 0.25) is 0 Å². The van der Waals surface area contributed by atoms with Gasteiger partial charge in [0.05, 0.1) is 5.39 Å². The Morgan fingerprint density at radius 1 is 1.23 bits per heavy atom. The van der Waals surface area contributed by atoms with Crippen LogP contribution < -0.4 is 5.43 Å². The Kier molecular flexibility index (Phi) is 4.27. The van der Waals surface area contributed by atoms with Crippen LogP contribution in [0.25, 0.3) is 11.0 Å². The number of carbonyl (C=O) groups excluding carboxylic acids is 1. The molecule has 0 bridgehead atoms. The Morgan fingerprint density at radius 2 is 2.00 bits per heavy atom. The second-order valence-corrected chi connectivity index (χ2v) is 6.09. The van der Waals surface area contributed by atoms with Crippen molar-refractivity contribution in [2.24, 2.45) is 5.92 Å². The van der Waals surface area contributed by atoms with E-state index < -0.39 is 0 Å². The smallest absolute Gasteiger partial charge is 0.198 e. The van der Waals surface area contributed by atoms with Crippen LogP contribution in [0.5, 0.6) is 5.75 Å². The summed E-state index contributed by atoms with van der Waals surface area (Å²) in [6, 6.07) is 5.85. The van der Waals surface area contributed by atoms with Gasteiger partial charge in [-0.2, -0.15) is 0 Å². The largest absolute Gasteiger partial charge is 0.504 e. The van der Waals surface area contributed by atoms with E-state index >= 15 is 0 Å². The molecule has 0 unspecified atom stereocenters. The van der Waals surface area contributed by atoms with E-state index in [0.29, 0.717) is 17.7 Å². The van der Waals surface area contributed by atoms with Crippen molar-refractivity contribution in [2.45, 2.75) is 44.9 Å². The van der Waals surface area contributed by atoms with Crippen LogP contribution in [0.3, 0.4) is 0 Å². The van der Waals surface area contributed by atoms with Crippen LogP contribution in [0, 0.1) is 5.92 Å². The van der Waals surface area contributed by atoms with Crippen LogP contribution in [0.2, 0.25) is 0 Å². The molecule has 0 aliphatic heterocycles. The maximum atomic E-state index is 12.3. The molecule has 116 valence electrons. The quantitative estimate of drug-likeness (QED) is 0.865. The molecule has 1 saturated carbocycles. The lowest BCUT2D eigenvalue weighted by Gasteiger charge is -2.20. The Hall–Kier alpha value is -2.10. The fourth-order valence-corrected chi connectivity index (χ4v) is 3.23. The molecule has 1 aliphatic rings. The molecule has 1 aromatic heterocycles. The van der Waals surface area contributed by atoms with Gasteiger partial charge in [-0.25, -0.2) is 0 Å². The van der Waals surface area contributed by atoms with Gasteiger partial charge in [0.25, 0.3) is 0 Å². The highest BCUT2D eigenvalue weighted by Crippen LogP contribution is 2.28. The van der Waals surface area contributed by atoms with E-state index in [1.807, 2.05) is 0 Å². The first-order valence-corrected chi connectivity index (χ1v) is 7.94. The van der Waals surface area contributed by atoms with E-state index in [1.165, 1.54) is 44.2 Å². The number of aromatic hydroxyl groups is 1. The van der Waals surface area contributed by atoms with E-state index in [4.69, 9.17) is 4.42 Å². The number of Topliss-reactive ketones (excluding diaryl/α,β-unsaturated/α-hetero) is 1. The maximum absolute atomic E-state index is 12.3. The van der Waals surface area contributed by atoms with Crippen molar-refractivity contribution >= 4 is 16.8 Å². The number of benzene rings is 1. The second-order valence-electron chi connectivity index (χ2n) is 6.09. The van der Waals surface area contributed by atoms with Crippen LogP contribution in [0.15, 0.2) is 33.5 Å². The number of carbonyl (C=O) groups is 1.